The summed E-state index contributed by atoms with van der Waals surface area (Å²) < 4.78 is 14.1. The van der Waals surface area contributed by atoms with Crippen LogP contribution in [-0.2, 0) is 0 Å². The van der Waals surface area contributed by atoms with Gasteiger partial charge in [0.2, 0.25) is 0 Å². The van der Waals surface area contributed by atoms with Gasteiger partial charge in [-0.3, -0.25) is 0 Å². The van der Waals surface area contributed by atoms with E-state index in [0.29, 0.717) is 5.56 Å². The molecule has 0 aliphatic heterocycles. The van der Waals surface area contributed by atoms with E-state index in [1.165, 1.54) is 12.1 Å². The van der Waals surface area contributed by atoms with Gasteiger partial charge in [-0.15, -0.1) is 0 Å². The Hall–Kier alpha value is -0.940. The summed E-state index contributed by atoms with van der Waals surface area (Å²) in [5.41, 5.74) is 1.34. The average molecular weight is 328 g/mol. The normalized spacial score (nSPS) is 12.4. The quantitative estimate of drug-likeness (QED) is 0.837. The first-order valence-electron chi connectivity index (χ1n) is 4.86. The molecule has 16 heavy (non-hydrogen) atoms. The Morgan fingerprint density at radius 2 is 1.69 bits per heavy atom. The first-order valence-corrected chi connectivity index (χ1v) is 5.93. The van der Waals surface area contributed by atoms with Gasteiger partial charge >= 0.3 is 0 Å². The van der Waals surface area contributed by atoms with E-state index >= 15 is 0 Å². The predicted octanol–water partition coefficient (Wildman–Crippen LogP) is 3.51. The molecule has 2 rings (SSSR count). The molecule has 0 heterocycles. The molecule has 3 heteroatoms. The van der Waals surface area contributed by atoms with Gasteiger partial charge in [-0.05, 0) is 58.0 Å². The molecule has 1 atom stereocenters. The van der Waals surface area contributed by atoms with Crippen molar-refractivity contribution in [2.24, 2.45) is 0 Å². The maximum Gasteiger partial charge on any atom is 0.123 e. The number of aliphatic hydroxyl groups is 1. The Balaban J connectivity index is 2.31. The highest BCUT2D eigenvalue weighted by Crippen LogP contribution is 2.22. The minimum absolute atomic E-state index is 0.331. The van der Waals surface area contributed by atoms with E-state index in [1.807, 2.05) is 24.3 Å². The first kappa shape index (κ1) is 11.5. The van der Waals surface area contributed by atoms with Gasteiger partial charge in [-0.2, -0.15) is 0 Å². The van der Waals surface area contributed by atoms with Gasteiger partial charge in [0.25, 0.3) is 0 Å². The zero-order valence-electron chi connectivity index (χ0n) is 8.40. The molecule has 0 saturated heterocycles. The third-order valence-electron chi connectivity index (χ3n) is 2.35. The van der Waals surface area contributed by atoms with Crippen LogP contribution < -0.4 is 0 Å². The molecule has 0 spiro atoms. The highest BCUT2D eigenvalue weighted by atomic mass is 127. The lowest BCUT2D eigenvalue weighted by molar-refractivity contribution is 0.220. The molecule has 0 aromatic heterocycles. The lowest BCUT2D eigenvalue weighted by Crippen LogP contribution is -1.99. The van der Waals surface area contributed by atoms with Gasteiger partial charge < -0.3 is 5.11 Å². The number of rotatable bonds is 2. The van der Waals surface area contributed by atoms with Crippen molar-refractivity contribution >= 4 is 22.6 Å². The number of benzene rings is 2. The van der Waals surface area contributed by atoms with Crippen molar-refractivity contribution in [3.63, 3.8) is 0 Å². The van der Waals surface area contributed by atoms with E-state index in [-0.39, 0.29) is 5.82 Å². The van der Waals surface area contributed by atoms with Gasteiger partial charge in [0.1, 0.15) is 11.9 Å². The van der Waals surface area contributed by atoms with Crippen LogP contribution in [0.1, 0.15) is 17.2 Å². The Morgan fingerprint density at radius 3 is 2.31 bits per heavy atom. The molecule has 0 saturated carbocycles. The van der Waals surface area contributed by atoms with Crippen LogP contribution in [0.25, 0.3) is 0 Å². The SMILES string of the molecule is OC(c1ccc(I)cc1)c1cccc(F)c1. The van der Waals surface area contributed by atoms with Crippen LogP contribution >= 0.6 is 22.6 Å². The van der Waals surface area contributed by atoms with Crippen LogP contribution in [0.15, 0.2) is 48.5 Å². The van der Waals surface area contributed by atoms with Gasteiger partial charge in [-0.25, -0.2) is 4.39 Å². The summed E-state index contributed by atoms with van der Waals surface area (Å²) in [6, 6.07) is 13.5. The molecular weight excluding hydrogens is 318 g/mol. The fraction of sp³-hybridized carbons (Fsp3) is 0.0769. The van der Waals surface area contributed by atoms with Crippen molar-refractivity contribution in [2.45, 2.75) is 6.10 Å². The van der Waals surface area contributed by atoms with E-state index < -0.39 is 6.10 Å². The maximum absolute atomic E-state index is 13.0. The zero-order chi connectivity index (χ0) is 11.5. The monoisotopic (exact) mass is 328 g/mol. The van der Waals surface area contributed by atoms with Crippen LogP contribution in [0.2, 0.25) is 0 Å². The molecule has 0 aliphatic rings. The average Bonchev–Trinajstić information content (AvgIpc) is 2.29. The Kier molecular flexibility index (Phi) is 3.56. The minimum Gasteiger partial charge on any atom is -0.384 e. The standard InChI is InChI=1S/C13H10FIO/c14-11-3-1-2-10(8-11)13(16)9-4-6-12(15)7-5-9/h1-8,13,16H. The molecule has 82 valence electrons. The van der Waals surface area contributed by atoms with E-state index in [1.54, 1.807) is 12.1 Å². The second-order valence-electron chi connectivity index (χ2n) is 3.51. The van der Waals surface area contributed by atoms with Crippen molar-refractivity contribution in [2.75, 3.05) is 0 Å². The second kappa shape index (κ2) is 4.93. The lowest BCUT2D eigenvalue weighted by atomic mass is 10.0. The van der Waals surface area contributed by atoms with E-state index in [0.717, 1.165) is 9.13 Å². The summed E-state index contributed by atoms with van der Waals surface area (Å²) in [6.07, 6.45) is -0.771. The Morgan fingerprint density at radius 1 is 1.00 bits per heavy atom. The summed E-state index contributed by atoms with van der Waals surface area (Å²) in [7, 11) is 0. The molecule has 1 N–H and O–H groups in total. The second-order valence-corrected chi connectivity index (χ2v) is 4.75. The number of hydrogen-bond donors (Lipinski definition) is 1. The maximum atomic E-state index is 13.0. The number of halogens is 2. The molecule has 0 bridgehead atoms. The topological polar surface area (TPSA) is 20.2 Å². The lowest BCUT2D eigenvalue weighted by Gasteiger charge is -2.11. The number of aliphatic hydroxyl groups excluding tert-OH is 1. The van der Waals surface area contributed by atoms with E-state index in [4.69, 9.17) is 0 Å². The van der Waals surface area contributed by atoms with Crippen LogP contribution in [0, 0.1) is 9.39 Å². The minimum atomic E-state index is -0.771. The van der Waals surface area contributed by atoms with E-state index in [9.17, 15) is 9.50 Å². The predicted molar refractivity (Wildman–Crippen MR) is 69.6 cm³/mol. The van der Waals surface area contributed by atoms with Gasteiger partial charge in [0.05, 0.1) is 0 Å². The Labute approximate surface area is 107 Å². The summed E-state index contributed by atoms with van der Waals surface area (Å²) >= 11 is 2.20. The first-order chi connectivity index (χ1) is 7.66. The fourth-order valence-electron chi connectivity index (χ4n) is 1.51. The molecule has 2 aromatic rings. The third-order valence-corrected chi connectivity index (χ3v) is 3.07. The molecule has 0 aliphatic carbocycles. The van der Waals surface area contributed by atoms with Crippen molar-refractivity contribution < 1.29 is 9.50 Å². The van der Waals surface area contributed by atoms with Gasteiger partial charge in [0.15, 0.2) is 0 Å². The van der Waals surface area contributed by atoms with Crippen molar-refractivity contribution in [1.29, 1.82) is 0 Å². The molecule has 0 amide bonds. The highest BCUT2D eigenvalue weighted by Gasteiger charge is 2.10. The molecule has 1 unspecified atom stereocenters. The third kappa shape index (κ3) is 2.59. The van der Waals surface area contributed by atoms with Crippen LogP contribution in [0.3, 0.4) is 0 Å². The summed E-state index contributed by atoms with van der Waals surface area (Å²) in [6.45, 7) is 0. The highest BCUT2D eigenvalue weighted by molar-refractivity contribution is 14.1. The van der Waals surface area contributed by atoms with Crippen LogP contribution in [0.4, 0.5) is 4.39 Å². The summed E-state index contributed by atoms with van der Waals surface area (Å²) in [5, 5.41) is 10.0. The van der Waals surface area contributed by atoms with Gasteiger partial charge in [0, 0.05) is 3.57 Å². The molecule has 0 fully saturated rings. The summed E-state index contributed by atoms with van der Waals surface area (Å²) in [5.74, 6) is -0.331. The molecular formula is C13H10FIO. The smallest absolute Gasteiger partial charge is 0.123 e. The van der Waals surface area contributed by atoms with Gasteiger partial charge in [-0.1, -0.05) is 24.3 Å². The van der Waals surface area contributed by atoms with Crippen molar-refractivity contribution in [3.05, 3.63) is 69.0 Å². The molecule has 1 nitrogen and oxygen atoms in total. The van der Waals surface area contributed by atoms with Crippen LogP contribution in [0.5, 0.6) is 0 Å². The largest absolute Gasteiger partial charge is 0.384 e. The zero-order valence-corrected chi connectivity index (χ0v) is 10.6. The molecule has 2 aromatic carbocycles. The number of hydrogen-bond acceptors (Lipinski definition) is 1. The van der Waals surface area contributed by atoms with Crippen LogP contribution in [-0.4, -0.2) is 5.11 Å². The summed E-state index contributed by atoms with van der Waals surface area (Å²) in [4.78, 5) is 0. The van der Waals surface area contributed by atoms with E-state index in [2.05, 4.69) is 22.6 Å². The fourth-order valence-corrected chi connectivity index (χ4v) is 1.87. The van der Waals surface area contributed by atoms with Crippen molar-refractivity contribution in [3.8, 4) is 0 Å². The Bertz CT molecular complexity index is 482. The molecule has 0 radical (unpaired) electrons. The van der Waals surface area contributed by atoms with Crippen molar-refractivity contribution in [1.82, 2.24) is 0 Å².